The van der Waals surface area contributed by atoms with Crippen LogP contribution in [0, 0.1) is 6.92 Å². The summed E-state index contributed by atoms with van der Waals surface area (Å²) in [5.41, 5.74) is 2.39. The van der Waals surface area contributed by atoms with Crippen LogP contribution in [0.5, 0.6) is 0 Å². The van der Waals surface area contributed by atoms with Crippen LogP contribution in [0.4, 0.5) is 0 Å². The van der Waals surface area contributed by atoms with Gasteiger partial charge in [-0.3, -0.25) is 9.89 Å². The molecule has 0 fully saturated rings. The molecule has 118 valence electrons. The number of H-pyrrole nitrogens is 1. The highest BCUT2D eigenvalue weighted by molar-refractivity contribution is 5.93. The highest BCUT2D eigenvalue weighted by Crippen LogP contribution is 2.19. The van der Waals surface area contributed by atoms with Crippen LogP contribution < -0.4 is 0 Å². The van der Waals surface area contributed by atoms with Crippen molar-refractivity contribution in [3.8, 4) is 11.3 Å². The van der Waals surface area contributed by atoms with E-state index < -0.39 is 5.60 Å². The van der Waals surface area contributed by atoms with Gasteiger partial charge in [-0.25, -0.2) is 0 Å². The molecule has 0 unspecified atom stereocenters. The lowest BCUT2D eigenvalue weighted by molar-refractivity contribution is 0.0311. The zero-order chi connectivity index (χ0) is 16.3. The molecule has 0 aliphatic rings. The second-order valence-electron chi connectivity index (χ2n) is 6.16. The molecule has 0 radical (unpaired) electrons. The van der Waals surface area contributed by atoms with Gasteiger partial charge in [0.1, 0.15) is 5.69 Å². The molecule has 0 spiro atoms. The van der Waals surface area contributed by atoms with Gasteiger partial charge >= 0.3 is 0 Å². The van der Waals surface area contributed by atoms with Gasteiger partial charge in [-0.15, -0.1) is 0 Å². The molecule has 2 aromatic rings. The van der Waals surface area contributed by atoms with Crippen LogP contribution in [0.1, 0.15) is 36.8 Å². The van der Waals surface area contributed by atoms with E-state index in [0.717, 1.165) is 11.3 Å². The maximum absolute atomic E-state index is 12.5. The fourth-order valence-corrected chi connectivity index (χ4v) is 2.27. The Morgan fingerprint density at radius 3 is 2.50 bits per heavy atom. The number of aliphatic hydroxyl groups is 1. The highest BCUT2D eigenvalue weighted by Gasteiger charge is 2.23. The van der Waals surface area contributed by atoms with E-state index in [4.69, 9.17) is 0 Å². The minimum atomic E-state index is -0.925. The average Bonchev–Trinajstić information content (AvgIpc) is 2.93. The van der Waals surface area contributed by atoms with Crippen molar-refractivity contribution in [2.75, 3.05) is 13.1 Å². The number of rotatable bonds is 5. The SMILES string of the molecule is CCN(CC(C)(C)O)C(=O)c1cc(-c2ccc(C)cc2)n[nH]1. The first-order valence-electron chi connectivity index (χ1n) is 7.44. The van der Waals surface area contributed by atoms with E-state index in [2.05, 4.69) is 10.2 Å². The molecule has 0 saturated heterocycles. The van der Waals surface area contributed by atoms with Gasteiger partial charge < -0.3 is 10.0 Å². The van der Waals surface area contributed by atoms with Crippen molar-refractivity contribution < 1.29 is 9.90 Å². The summed E-state index contributed by atoms with van der Waals surface area (Å²) in [5, 5.41) is 16.9. The molecule has 0 aliphatic heterocycles. The fraction of sp³-hybridized carbons (Fsp3) is 0.412. The summed E-state index contributed by atoms with van der Waals surface area (Å²) in [6.07, 6.45) is 0. The molecule has 0 atom stereocenters. The summed E-state index contributed by atoms with van der Waals surface area (Å²) < 4.78 is 0. The summed E-state index contributed by atoms with van der Waals surface area (Å²) in [7, 11) is 0. The molecule has 0 saturated carbocycles. The Kier molecular flexibility index (Phi) is 4.66. The van der Waals surface area contributed by atoms with Gasteiger partial charge in [0.15, 0.2) is 0 Å². The van der Waals surface area contributed by atoms with Gasteiger partial charge in [-0.1, -0.05) is 29.8 Å². The number of hydrogen-bond acceptors (Lipinski definition) is 3. The standard InChI is InChI=1S/C17H23N3O2/c1-5-20(11-17(3,4)22)16(21)15-10-14(18-19-15)13-8-6-12(2)7-9-13/h6-10,22H,5,11H2,1-4H3,(H,18,19). The second kappa shape index (κ2) is 6.32. The molecule has 1 heterocycles. The molecule has 5 heteroatoms. The molecule has 2 rings (SSSR count). The molecular weight excluding hydrogens is 278 g/mol. The maximum atomic E-state index is 12.5. The third-order valence-electron chi connectivity index (χ3n) is 3.40. The van der Waals surface area contributed by atoms with Crippen LogP contribution in [0.2, 0.25) is 0 Å². The summed E-state index contributed by atoms with van der Waals surface area (Å²) in [5.74, 6) is -0.157. The van der Waals surface area contributed by atoms with Gasteiger partial charge in [0, 0.05) is 18.7 Å². The number of likely N-dealkylation sites (N-methyl/N-ethyl adjacent to an activating group) is 1. The van der Waals surface area contributed by atoms with Gasteiger partial charge in [-0.05, 0) is 33.8 Å². The Bertz CT molecular complexity index is 639. The number of hydrogen-bond donors (Lipinski definition) is 2. The minimum absolute atomic E-state index is 0.157. The van der Waals surface area contributed by atoms with Crippen molar-refractivity contribution in [3.63, 3.8) is 0 Å². The smallest absolute Gasteiger partial charge is 0.271 e. The fourth-order valence-electron chi connectivity index (χ4n) is 2.27. The van der Waals surface area contributed by atoms with Crippen molar-refractivity contribution in [2.45, 2.75) is 33.3 Å². The van der Waals surface area contributed by atoms with Crippen molar-refractivity contribution in [2.24, 2.45) is 0 Å². The number of aryl methyl sites for hydroxylation is 1. The average molecular weight is 301 g/mol. The number of amides is 1. The van der Waals surface area contributed by atoms with Gasteiger partial charge in [0.2, 0.25) is 0 Å². The van der Waals surface area contributed by atoms with Gasteiger partial charge in [0.25, 0.3) is 5.91 Å². The van der Waals surface area contributed by atoms with E-state index in [-0.39, 0.29) is 12.5 Å². The molecule has 1 aromatic carbocycles. The lowest BCUT2D eigenvalue weighted by Gasteiger charge is -2.27. The Labute approximate surface area is 131 Å². The first-order chi connectivity index (χ1) is 10.3. The molecule has 1 amide bonds. The molecule has 2 N–H and O–H groups in total. The Hall–Kier alpha value is -2.14. The Balaban J connectivity index is 2.19. The summed E-state index contributed by atoms with van der Waals surface area (Å²) in [6, 6.07) is 9.73. The predicted molar refractivity (Wildman–Crippen MR) is 86.6 cm³/mol. The van der Waals surface area contributed by atoms with E-state index in [1.165, 1.54) is 5.56 Å². The molecule has 22 heavy (non-hydrogen) atoms. The Morgan fingerprint density at radius 2 is 1.95 bits per heavy atom. The van der Waals surface area contributed by atoms with Gasteiger partial charge in [0.05, 0.1) is 11.3 Å². The molecule has 1 aromatic heterocycles. The number of carbonyl (C=O) groups excluding carboxylic acids is 1. The second-order valence-corrected chi connectivity index (χ2v) is 6.16. The summed E-state index contributed by atoms with van der Waals surface area (Å²) in [4.78, 5) is 14.1. The lowest BCUT2D eigenvalue weighted by atomic mass is 10.1. The van der Waals surface area contributed by atoms with E-state index in [9.17, 15) is 9.90 Å². The third kappa shape index (κ3) is 3.95. The first kappa shape index (κ1) is 16.2. The van der Waals surface area contributed by atoms with Crippen LogP contribution in [-0.4, -0.2) is 44.8 Å². The molecule has 0 bridgehead atoms. The number of carbonyl (C=O) groups is 1. The molecule has 0 aliphatic carbocycles. The van der Waals surface area contributed by atoms with Crippen molar-refractivity contribution >= 4 is 5.91 Å². The number of benzene rings is 1. The lowest BCUT2D eigenvalue weighted by Crippen LogP contribution is -2.42. The van der Waals surface area contributed by atoms with E-state index >= 15 is 0 Å². The Morgan fingerprint density at radius 1 is 1.32 bits per heavy atom. The number of aromatic amines is 1. The van der Waals surface area contributed by atoms with Crippen LogP contribution in [0.25, 0.3) is 11.3 Å². The van der Waals surface area contributed by atoms with Gasteiger partial charge in [-0.2, -0.15) is 5.10 Å². The van der Waals surface area contributed by atoms with Crippen molar-refractivity contribution in [1.82, 2.24) is 15.1 Å². The summed E-state index contributed by atoms with van der Waals surface area (Å²) in [6.45, 7) is 8.10. The van der Waals surface area contributed by atoms with Crippen LogP contribution >= 0.6 is 0 Å². The van der Waals surface area contributed by atoms with Crippen molar-refractivity contribution in [3.05, 3.63) is 41.6 Å². The number of nitrogens with one attached hydrogen (secondary N) is 1. The predicted octanol–water partition coefficient (Wildman–Crippen LogP) is 2.62. The number of nitrogens with zero attached hydrogens (tertiary/aromatic N) is 2. The molecular formula is C17H23N3O2. The quantitative estimate of drug-likeness (QED) is 0.892. The van der Waals surface area contributed by atoms with Crippen LogP contribution in [0.3, 0.4) is 0 Å². The minimum Gasteiger partial charge on any atom is -0.389 e. The van der Waals surface area contributed by atoms with E-state index in [1.807, 2.05) is 38.1 Å². The number of aromatic nitrogens is 2. The van der Waals surface area contributed by atoms with Crippen molar-refractivity contribution in [1.29, 1.82) is 0 Å². The zero-order valence-electron chi connectivity index (χ0n) is 13.6. The van der Waals surface area contributed by atoms with Crippen LogP contribution in [-0.2, 0) is 0 Å². The maximum Gasteiger partial charge on any atom is 0.271 e. The largest absolute Gasteiger partial charge is 0.389 e. The monoisotopic (exact) mass is 301 g/mol. The topological polar surface area (TPSA) is 69.2 Å². The van der Waals surface area contributed by atoms with E-state index in [0.29, 0.717) is 12.2 Å². The summed E-state index contributed by atoms with van der Waals surface area (Å²) >= 11 is 0. The molecule has 5 nitrogen and oxygen atoms in total. The first-order valence-corrected chi connectivity index (χ1v) is 7.44. The van der Waals surface area contributed by atoms with Crippen LogP contribution in [0.15, 0.2) is 30.3 Å². The van der Waals surface area contributed by atoms with E-state index in [1.54, 1.807) is 24.8 Å². The normalized spacial score (nSPS) is 11.5. The third-order valence-corrected chi connectivity index (χ3v) is 3.40. The zero-order valence-corrected chi connectivity index (χ0v) is 13.6. The highest BCUT2D eigenvalue weighted by atomic mass is 16.3.